The maximum absolute atomic E-state index is 12.4. The molecule has 2 saturated heterocycles. The molecule has 4 nitrogen and oxygen atoms in total. The molecular formula is C23H36N2O2S. The SMILES string of the molecule is CCc1cc2c(s1)CCO[C@@]21CCN(CC2CN(C(=O)C(C)(C)C)C2)[C@@H](C)C1. The third-order valence-corrected chi connectivity index (χ3v) is 8.18. The monoisotopic (exact) mass is 404 g/mol. The second-order valence-electron chi connectivity index (χ2n) is 10.1. The van der Waals surface area contributed by atoms with Gasteiger partial charge < -0.3 is 14.5 Å². The van der Waals surface area contributed by atoms with E-state index in [9.17, 15) is 4.79 Å². The second-order valence-corrected chi connectivity index (χ2v) is 11.3. The number of amides is 1. The molecule has 0 radical (unpaired) electrons. The van der Waals surface area contributed by atoms with Gasteiger partial charge in [0.25, 0.3) is 0 Å². The first kappa shape index (κ1) is 20.4. The molecule has 1 spiro atoms. The highest BCUT2D eigenvalue weighted by Gasteiger charge is 2.45. The molecule has 4 rings (SSSR count). The summed E-state index contributed by atoms with van der Waals surface area (Å²) in [5, 5.41) is 0. The molecular weight excluding hydrogens is 368 g/mol. The summed E-state index contributed by atoms with van der Waals surface area (Å²) in [5.74, 6) is 0.917. The van der Waals surface area contributed by atoms with E-state index in [-0.39, 0.29) is 11.0 Å². The Balaban J connectivity index is 1.36. The van der Waals surface area contributed by atoms with Gasteiger partial charge in [0, 0.05) is 59.7 Å². The molecule has 0 saturated carbocycles. The van der Waals surface area contributed by atoms with Gasteiger partial charge in [0.1, 0.15) is 0 Å². The van der Waals surface area contributed by atoms with Crippen LogP contribution >= 0.6 is 11.3 Å². The Hall–Kier alpha value is -0.910. The van der Waals surface area contributed by atoms with Crippen LogP contribution in [0.5, 0.6) is 0 Å². The van der Waals surface area contributed by atoms with Gasteiger partial charge >= 0.3 is 0 Å². The summed E-state index contributed by atoms with van der Waals surface area (Å²) in [7, 11) is 0. The van der Waals surface area contributed by atoms with E-state index in [2.05, 4.69) is 24.8 Å². The maximum atomic E-state index is 12.4. The molecule has 28 heavy (non-hydrogen) atoms. The molecule has 5 heteroatoms. The Kier molecular flexibility index (Phi) is 5.39. The van der Waals surface area contributed by atoms with Crippen molar-refractivity contribution in [3.63, 3.8) is 0 Å². The zero-order valence-corrected chi connectivity index (χ0v) is 19.0. The minimum Gasteiger partial charge on any atom is -0.370 e. The van der Waals surface area contributed by atoms with Gasteiger partial charge in [-0.3, -0.25) is 4.79 Å². The number of fused-ring (bicyclic) bond motifs is 2. The highest BCUT2D eigenvalue weighted by atomic mass is 32.1. The van der Waals surface area contributed by atoms with Crippen LogP contribution in [0.3, 0.4) is 0 Å². The molecule has 1 amide bonds. The standard InChI is InChI=1S/C23H36N2O2S/c1-6-18-11-19-20(28-18)7-10-27-23(19)8-9-24(16(2)12-23)13-17-14-25(15-17)21(26)22(3,4)5/h11,16-17H,6-10,12-15H2,1-5H3/t16-,23+/m0/s1. The molecule has 0 unspecified atom stereocenters. The fourth-order valence-corrected chi connectivity index (χ4v) is 6.38. The summed E-state index contributed by atoms with van der Waals surface area (Å²) in [4.78, 5) is 20.1. The molecule has 0 aromatic carbocycles. The van der Waals surface area contributed by atoms with E-state index >= 15 is 0 Å². The lowest BCUT2D eigenvalue weighted by atomic mass is 9.79. The van der Waals surface area contributed by atoms with Crippen molar-refractivity contribution in [2.45, 2.75) is 71.9 Å². The first-order chi connectivity index (χ1) is 13.2. The van der Waals surface area contributed by atoms with E-state index < -0.39 is 0 Å². The Morgan fingerprint density at radius 2 is 2.11 bits per heavy atom. The summed E-state index contributed by atoms with van der Waals surface area (Å²) in [6, 6.07) is 2.96. The Morgan fingerprint density at radius 1 is 1.36 bits per heavy atom. The average molecular weight is 405 g/mol. The molecule has 0 aliphatic carbocycles. The summed E-state index contributed by atoms with van der Waals surface area (Å²) in [5.41, 5.74) is 1.18. The third kappa shape index (κ3) is 3.66. The van der Waals surface area contributed by atoms with Crippen LogP contribution < -0.4 is 0 Å². The van der Waals surface area contributed by atoms with Crippen LogP contribution in [0.25, 0.3) is 0 Å². The number of hydrogen-bond donors (Lipinski definition) is 0. The number of nitrogens with zero attached hydrogens (tertiary/aromatic N) is 2. The zero-order valence-electron chi connectivity index (χ0n) is 18.2. The maximum Gasteiger partial charge on any atom is 0.227 e. The summed E-state index contributed by atoms with van der Waals surface area (Å²) in [6.07, 6.45) is 4.40. The van der Waals surface area contributed by atoms with Crippen molar-refractivity contribution in [3.8, 4) is 0 Å². The predicted octanol–water partition coefficient (Wildman–Crippen LogP) is 4.07. The number of ether oxygens (including phenoxy) is 1. The minimum atomic E-state index is -0.260. The lowest BCUT2D eigenvalue weighted by Crippen LogP contribution is -2.59. The molecule has 0 bridgehead atoms. The number of likely N-dealkylation sites (tertiary alicyclic amines) is 2. The molecule has 3 aliphatic rings. The molecule has 2 fully saturated rings. The normalized spacial score (nSPS) is 29.0. The van der Waals surface area contributed by atoms with E-state index in [0.29, 0.717) is 17.9 Å². The largest absolute Gasteiger partial charge is 0.370 e. The van der Waals surface area contributed by atoms with Crippen LogP contribution in [0.1, 0.15) is 62.8 Å². The van der Waals surface area contributed by atoms with Gasteiger partial charge in [-0.05, 0) is 37.8 Å². The van der Waals surface area contributed by atoms with Gasteiger partial charge in [0.05, 0.1) is 12.2 Å². The molecule has 0 N–H and O–H groups in total. The number of hydrogen-bond acceptors (Lipinski definition) is 4. The summed E-state index contributed by atoms with van der Waals surface area (Å²) >= 11 is 2.00. The van der Waals surface area contributed by atoms with Crippen LogP contribution in [0, 0.1) is 11.3 Å². The topological polar surface area (TPSA) is 32.8 Å². The number of carbonyl (C=O) groups is 1. The minimum absolute atomic E-state index is 0.0543. The smallest absolute Gasteiger partial charge is 0.227 e. The Labute approximate surface area is 174 Å². The fourth-order valence-electron chi connectivity index (χ4n) is 5.20. The van der Waals surface area contributed by atoms with E-state index in [1.807, 2.05) is 37.0 Å². The number of carbonyl (C=O) groups excluding carboxylic acids is 1. The molecule has 1 aromatic rings. The van der Waals surface area contributed by atoms with Gasteiger partial charge in [-0.1, -0.05) is 27.7 Å². The second kappa shape index (κ2) is 7.41. The Bertz CT molecular complexity index is 731. The van der Waals surface area contributed by atoms with Gasteiger partial charge in [-0.25, -0.2) is 0 Å². The quantitative estimate of drug-likeness (QED) is 0.761. The van der Waals surface area contributed by atoms with Crippen molar-refractivity contribution in [1.29, 1.82) is 0 Å². The van der Waals surface area contributed by atoms with Crippen molar-refractivity contribution in [3.05, 3.63) is 21.4 Å². The lowest BCUT2D eigenvalue weighted by molar-refractivity contribution is -0.147. The fraction of sp³-hybridized carbons (Fsp3) is 0.783. The third-order valence-electron chi connectivity index (χ3n) is 6.84. The van der Waals surface area contributed by atoms with Crippen LogP contribution in [0.4, 0.5) is 0 Å². The molecule has 3 aliphatic heterocycles. The van der Waals surface area contributed by atoms with Crippen molar-refractivity contribution >= 4 is 17.2 Å². The first-order valence-corrected chi connectivity index (χ1v) is 11.8. The van der Waals surface area contributed by atoms with Gasteiger partial charge in [0.2, 0.25) is 5.91 Å². The van der Waals surface area contributed by atoms with Gasteiger partial charge in [0.15, 0.2) is 0 Å². The number of thiophene rings is 1. The van der Waals surface area contributed by atoms with Gasteiger partial charge in [-0.15, -0.1) is 11.3 Å². The number of rotatable bonds is 3. The van der Waals surface area contributed by atoms with Crippen molar-refractivity contribution in [2.24, 2.45) is 11.3 Å². The molecule has 2 atom stereocenters. The van der Waals surface area contributed by atoms with Crippen LogP contribution in [0.15, 0.2) is 6.07 Å². The van der Waals surface area contributed by atoms with E-state index in [4.69, 9.17) is 4.74 Å². The highest BCUT2D eigenvalue weighted by Crippen LogP contribution is 2.46. The molecule has 4 heterocycles. The predicted molar refractivity (Wildman–Crippen MR) is 115 cm³/mol. The number of piperidine rings is 1. The summed E-state index contributed by atoms with van der Waals surface area (Å²) < 4.78 is 6.47. The lowest BCUT2D eigenvalue weighted by Gasteiger charge is -2.50. The van der Waals surface area contributed by atoms with E-state index in [0.717, 1.165) is 58.5 Å². The van der Waals surface area contributed by atoms with Crippen molar-refractivity contribution in [1.82, 2.24) is 9.80 Å². The first-order valence-electron chi connectivity index (χ1n) is 11.0. The zero-order chi connectivity index (χ0) is 20.1. The van der Waals surface area contributed by atoms with E-state index in [1.54, 1.807) is 4.88 Å². The molecule has 1 aromatic heterocycles. The van der Waals surface area contributed by atoms with Gasteiger partial charge in [-0.2, -0.15) is 0 Å². The summed E-state index contributed by atoms with van der Waals surface area (Å²) in [6.45, 7) is 15.6. The molecule has 156 valence electrons. The van der Waals surface area contributed by atoms with Crippen LogP contribution in [-0.2, 0) is 28.0 Å². The number of aryl methyl sites for hydroxylation is 1. The van der Waals surface area contributed by atoms with Crippen molar-refractivity contribution < 1.29 is 9.53 Å². The van der Waals surface area contributed by atoms with Crippen molar-refractivity contribution in [2.75, 3.05) is 32.8 Å². The Morgan fingerprint density at radius 3 is 2.75 bits per heavy atom. The average Bonchev–Trinajstić information content (AvgIpc) is 3.03. The van der Waals surface area contributed by atoms with Crippen LogP contribution in [0.2, 0.25) is 0 Å². The van der Waals surface area contributed by atoms with Crippen LogP contribution in [-0.4, -0.2) is 54.5 Å². The highest BCUT2D eigenvalue weighted by molar-refractivity contribution is 7.12. The van der Waals surface area contributed by atoms with E-state index in [1.165, 1.54) is 10.4 Å².